The van der Waals surface area contributed by atoms with Gasteiger partial charge in [-0.2, -0.15) is 0 Å². The summed E-state index contributed by atoms with van der Waals surface area (Å²) in [7, 11) is 0. The summed E-state index contributed by atoms with van der Waals surface area (Å²) < 4.78 is 5.28. The number of aromatic nitrogens is 2. The highest BCUT2D eigenvalue weighted by molar-refractivity contribution is 5.17. The molecule has 13 heavy (non-hydrogen) atoms. The highest BCUT2D eigenvalue weighted by Gasteiger charge is 2.16. The van der Waals surface area contributed by atoms with Gasteiger partial charge in [-0.1, -0.05) is 0 Å². The van der Waals surface area contributed by atoms with Crippen molar-refractivity contribution in [1.29, 1.82) is 0 Å². The van der Waals surface area contributed by atoms with Gasteiger partial charge in [0.05, 0.1) is 0 Å². The topological polar surface area (TPSA) is 61.0 Å². The van der Waals surface area contributed by atoms with Crippen molar-refractivity contribution in [3.05, 3.63) is 18.0 Å². The van der Waals surface area contributed by atoms with Crippen molar-refractivity contribution in [3.63, 3.8) is 0 Å². The summed E-state index contributed by atoms with van der Waals surface area (Å²) in [5.74, 6) is 0.964. The summed E-state index contributed by atoms with van der Waals surface area (Å²) in [5, 5.41) is 0. The predicted octanol–water partition coefficient (Wildman–Crippen LogP) is 0.638. The summed E-state index contributed by atoms with van der Waals surface area (Å²) >= 11 is 0. The zero-order chi connectivity index (χ0) is 9.10. The molecule has 1 aromatic rings. The summed E-state index contributed by atoms with van der Waals surface area (Å²) in [4.78, 5) is 8.00. The molecule has 0 aliphatic carbocycles. The average Bonchev–Trinajstić information content (AvgIpc) is 2.57. The van der Waals surface area contributed by atoms with Gasteiger partial charge in [-0.15, -0.1) is 0 Å². The number of hydrogen-bond donors (Lipinski definition) is 1. The quantitative estimate of drug-likeness (QED) is 0.723. The van der Waals surface area contributed by atoms with E-state index in [0.29, 0.717) is 11.9 Å². The van der Waals surface area contributed by atoms with Crippen LogP contribution in [-0.4, -0.2) is 23.2 Å². The van der Waals surface area contributed by atoms with Crippen molar-refractivity contribution in [3.8, 4) is 0 Å². The first kappa shape index (κ1) is 8.44. The van der Waals surface area contributed by atoms with E-state index in [-0.39, 0.29) is 0 Å². The minimum atomic E-state index is 0.358. The number of nitrogens with zero attached hydrogens (tertiary/aromatic N) is 2. The van der Waals surface area contributed by atoms with Crippen LogP contribution in [0.15, 0.2) is 12.3 Å². The standard InChI is InChI=1S/C9H13N3O/c10-9-11-3-1-8(12-9)5-7-2-4-13-6-7/h1,3,7H,2,4-6H2,(H2,10,11,12). The molecule has 1 aromatic heterocycles. The van der Waals surface area contributed by atoms with Crippen LogP contribution in [0, 0.1) is 5.92 Å². The summed E-state index contributed by atoms with van der Waals surface area (Å²) in [5.41, 5.74) is 6.50. The summed E-state index contributed by atoms with van der Waals surface area (Å²) in [6.45, 7) is 1.73. The van der Waals surface area contributed by atoms with Crippen LogP contribution in [0.1, 0.15) is 12.1 Å². The molecule has 0 saturated carbocycles. The number of anilines is 1. The van der Waals surface area contributed by atoms with Gasteiger partial charge in [-0.25, -0.2) is 9.97 Å². The SMILES string of the molecule is Nc1nccc(CC2CCOC2)n1. The van der Waals surface area contributed by atoms with Crippen LogP contribution in [0.2, 0.25) is 0 Å². The monoisotopic (exact) mass is 179 g/mol. The van der Waals surface area contributed by atoms with E-state index in [9.17, 15) is 0 Å². The number of nitrogen functional groups attached to an aromatic ring is 1. The van der Waals surface area contributed by atoms with E-state index in [1.807, 2.05) is 6.07 Å². The van der Waals surface area contributed by atoms with Crippen LogP contribution in [0.25, 0.3) is 0 Å². The third-order valence-electron chi connectivity index (χ3n) is 2.25. The third kappa shape index (κ3) is 2.15. The first-order chi connectivity index (χ1) is 6.34. The van der Waals surface area contributed by atoms with Gasteiger partial charge in [0.2, 0.25) is 5.95 Å². The fraction of sp³-hybridized carbons (Fsp3) is 0.556. The lowest BCUT2D eigenvalue weighted by Gasteiger charge is -2.05. The number of ether oxygens (including phenoxy) is 1. The first-order valence-corrected chi connectivity index (χ1v) is 4.50. The molecule has 1 atom stereocenters. The Hall–Kier alpha value is -1.16. The minimum absolute atomic E-state index is 0.358. The Bertz CT molecular complexity index is 284. The van der Waals surface area contributed by atoms with Crippen LogP contribution in [0.5, 0.6) is 0 Å². The highest BCUT2D eigenvalue weighted by atomic mass is 16.5. The van der Waals surface area contributed by atoms with Crippen molar-refractivity contribution in [2.75, 3.05) is 18.9 Å². The van der Waals surface area contributed by atoms with Gasteiger partial charge in [-0.05, 0) is 24.8 Å². The second-order valence-electron chi connectivity index (χ2n) is 3.34. The fourth-order valence-corrected chi connectivity index (χ4v) is 1.57. The smallest absolute Gasteiger partial charge is 0.220 e. The molecule has 70 valence electrons. The molecule has 1 saturated heterocycles. The molecular formula is C9H13N3O. The molecule has 1 unspecified atom stereocenters. The van der Waals surface area contributed by atoms with Gasteiger partial charge in [0.15, 0.2) is 0 Å². The zero-order valence-corrected chi connectivity index (χ0v) is 7.44. The molecule has 0 aromatic carbocycles. The summed E-state index contributed by atoms with van der Waals surface area (Å²) in [6.07, 6.45) is 3.78. The lowest BCUT2D eigenvalue weighted by molar-refractivity contribution is 0.185. The molecule has 0 amide bonds. The first-order valence-electron chi connectivity index (χ1n) is 4.50. The van der Waals surface area contributed by atoms with Crippen molar-refractivity contribution in [2.45, 2.75) is 12.8 Å². The maximum atomic E-state index is 5.48. The Balaban J connectivity index is 2.00. The maximum Gasteiger partial charge on any atom is 0.220 e. The number of nitrogens with two attached hydrogens (primary N) is 1. The van der Waals surface area contributed by atoms with Crippen LogP contribution in [-0.2, 0) is 11.2 Å². The van der Waals surface area contributed by atoms with Crippen LogP contribution < -0.4 is 5.73 Å². The van der Waals surface area contributed by atoms with Gasteiger partial charge in [0.25, 0.3) is 0 Å². The fourth-order valence-electron chi connectivity index (χ4n) is 1.57. The van der Waals surface area contributed by atoms with Crippen molar-refractivity contribution in [2.24, 2.45) is 5.92 Å². The lowest BCUT2D eigenvalue weighted by Crippen LogP contribution is -2.06. The average molecular weight is 179 g/mol. The normalized spacial score (nSPS) is 22.0. The molecule has 1 aliphatic rings. The molecule has 0 bridgehead atoms. The molecule has 4 nitrogen and oxygen atoms in total. The Morgan fingerprint density at radius 2 is 2.54 bits per heavy atom. The molecule has 0 radical (unpaired) electrons. The predicted molar refractivity (Wildman–Crippen MR) is 49.1 cm³/mol. The van der Waals surface area contributed by atoms with E-state index in [0.717, 1.165) is 31.7 Å². The van der Waals surface area contributed by atoms with Gasteiger partial charge in [0, 0.05) is 25.1 Å². The van der Waals surface area contributed by atoms with Crippen LogP contribution in [0.4, 0.5) is 5.95 Å². The van der Waals surface area contributed by atoms with E-state index in [1.54, 1.807) is 6.20 Å². The largest absolute Gasteiger partial charge is 0.381 e. The molecule has 2 heterocycles. The molecule has 1 aliphatic heterocycles. The third-order valence-corrected chi connectivity index (χ3v) is 2.25. The lowest BCUT2D eigenvalue weighted by atomic mass is 10.0. The molecule has 2 N–H and O–H groups in total. The highest BCUT2D eigenvalue weighted by Crippen LogP contribution is 2.16. The van der Waals surface area contributed by atoms with E-state index in [4.69, 9.17) is 10.5 Å². The molecule has 1 fully saturated rings. The van der Waals surface area contributed by atoms with Gasteiger partial charge >= 0.3 is 0 Å². The van der Waals surface area contributed by atoms with Gasteiger partial charge in [-0.3, -0.25) is 0 Å². The van der Waals surface area contributed by atoms with E-state index >= 15 is 0 Å². The second-order valence-corrected chi connectivity index (χ2v) is 3.34. The maximum absolute atomic E-state index is 5.48. The Labute approximate surface area is 77.1 Å². The number of rotatable bonds is 2. The van der Waals surface area contributed by atoms with E-state index in [2.05, 4.69) is 9.97 Å². The van der Waals surface area contributed by atoms with Gasteiger partial charge in [0.1, 0.15) is 0 Å². The summed E-state index contributed by atoms with van der Waals surface area (Å²) in [6, 6.07) is 1.91. The Kier molecular flexibility index (Phi) is 2.40. The van der Waals surface area contributed by atoms with Crippen LogP contribution in [0.3, 0.4) is 0 Å². The molecular weight excluding hydrogens is 166 g/mol. The number of hydrogen-bond acceptors (Lipinski definition) is 4. The van der Waals surface area contributed by atoms with Crippen molar-refractivity contribution < 1.29 is 4.74 Å². The molecule has 0 spiro atoms. The minimum Gasteiger partial charge on any atom is -0.381 e. The van der Waals surface area contributed by atoms with Crippen molar-refractivity contribution >= 4 is 5.95 Å². The zero-order valence-electron chi connectivity index (χ0n) is 7.44. The Morgan fingerprint density at radius 3 is 3.23 bits per heavy atom. The van der Waals surface area contributed by atoms with Crippen LogP contribution >= 0.6 is 0 Å². The van der Waals surface area contributed by atoms with E-state index < -0.39 is 0 Å². The molecule has 4 heteroatoms. The second kappa shape index (κ2) is 3.70. The molecule has 2 rings (SSSR count). The van der Waals surface area contributed by atoms with E-state index in [1.165, 1.54) is 0 Å². The Morgan fingerprint density at radius 1 is 1.62 bits per heavy atom. The van der Waals surface area contributed by atoms with Crippen molar-refractivity contribution in [1.82, 2.24) is 9.97 Å². The van der Waals surface area contributed by atoms with Gasteiger partial charge < -0.3 is 10.5 Å².